The monoisotopic (exact) mass is 174 g/mol. The molecule has 1 atom stereocenters. The van der Waals surface area contributed by atoms with Crippen LogP contribution in [0.4, 0.5) is 0 Å². The third kappa shape index (κ3) is 1.19. The fraction of sp³-hybridized carbons (Fsp3) is 0.400. The second-order valence-electron chi connectivity index (χ2n) is 2.00. The Morgan fingerprint density at radius 3 is 2.70 bits per heavy atom. The standard InChI is InChI=1S/C5H6N2OS2/c1-2-3(5(9)10)4(8)7-6-2/h3H,1H3,(H,7,8)(H,9,10). The third-order valence-corrected chi connectivity index (χ3v) is 1.76. The molecule has 1 amide bonds. The Bertz CT molecular complexity index is 224. The quantitative estimate of drug-likeness (QED) is 0.445. The summed E-state index contributed by atoms with van der Waals surface area (Å²) in [4.78, 5) is 10.9. The number of thiol groups is 1. The Morgan fingerprint density at radius 2 is 2.50 bits per heavy atom. The smallest absolute Gasteiger partial charge is 0.254 e. The Kier molecular flexibility index (Phi) is 2.05. The molecule has 1 N–H and O–H groups in total. The van der Waals surface area contributed by atoms with Gasteiger partial charge in [-0.3, -0.25) is 4.79 Å². The highest BCUT2D eigenvalue weighted by molar-refractivity contribution is 8.11. The van der Waals surface area contributed by atoms with E-state index in [-0.39, 0.29) is 5.91 Å². The summed E-state index contributed by atoms with van der Waals surface area (Å²) in [6, 6.07) is 0. The molecule has 1 rings (SSSR count). The molecule has 1 aliphatic rings. The Hall–Kier alpha value is -0.420. The number of hydrogen-bond donors (Lipinski definition) is 2. The first kappa shape index (κ1) is 7.68. The lowest BCUT2D eigenvalue weighted by molar-refractivity contribution is -0.120. The first-order valence-electron chi connectivity index (χ1n) is 2.70. The van der Waals surface area contributed by atoms with Gasteiger partial charge in [-0.2, -0.15) is 5.10 Å². The minimum Gasteiger partial charge on any atom is -0.272 e. The number of carbonyl (C=O) groups excluding carboxylic acids is 1. The molecular weight excluding hydrogens is 168 g/mol. The molecular formula is C5H6N2OS2. The number of carbonyl (C=O) groups is 1. The number of nitrogens with one attached hydrogen (secondary N) is 1. The number of nitrogens with zero attached hydrogens (tertiary/aromatic N) is 1. The average Bonchev–Trinajstić information content (AvgIpc) is 2.11. The lowest BCUT2D eigenvalue weighted by Gasteiger charge is -2.01. The van der Waals surface area contributed by atoms with Crippen LogP contribution in [0.1, 0.15) is 6.92 Å². The van der Waals surface area contributed by atoms with Gasteiger partial charge in [-0.1, -0.05) is 12.2 Å². The van der Waals surface area contributed by atoms with Crippen molar-refractivity contribution in [2.75, 3.05) is 0 Å². The molecule has 3 nitrogen and oxygen atoms in total. The summed E-state index contributed by atoms with van der Waals surface area (Å²) in [5.74, 6) is -0.587. The van der Waals surface area contributed by atoms with Gasteiger partial charge in [0.15, 0.2) is 0 Å². The van der Waals surface area contributed by atoms with Crippen molar-refractivity contribution in [1.82, 2.24) is 5.43 Å². The van der Waals surface area contributed by atoms with E-state index in [0.29, 0.717) is 9.91 Å². The summed E-state index contributed by atoms with van der Waals surface area (Å²) in [5.41, 5.74) is 3.00. The van der Waals surface area contributed by atoms with Crippen LogP contribution in [0.5, 0.6) is 0 Å². The van der Waals surface area contributed by atoms with E-state index in [1.54, 1.807) is 6.92 Å². The molecule has 5 heteroatoms. The van der Waals surface area contributed by atoms with Crippen LogP contribution in [-0.4, -0.2) is 15.8 Å². The third-order valence-electron chi connectivity index (χ3n) is 1.27. The van der Waals surface area contributed by atoms with Gasteiger partial charge in [0.2, 0.25) is 0 Å². The van der Waals surface area contributed by atoms with Gasteiger partial charge < -0.3 is 0 Å². The molecule has 10 heavy (non-hydrogen) atoms. The molecule has 1 aliphatic heterocycles. The van der Waals surface area contributed by atoms with Crippen molar-refractivity contribution in [2.45, 2.75) is 6.92 Å². The maximum absolute atomic E-state index is 10.9. The molecule has 0 aromatic rings. The maximum Gasteiger partial charge on any atom is 0.254 e. The number of thiocarbonyl (C=S) groups is 1. The molecule has 0 saturated heterocycles. The van der Waals surface area contributed by atoms with Crippen LogP contribution in [-0.2, 0) is 4.79 Å². The van der Waals surface area contributed by atoms with Crippen molar-refractivity contribution in [3.63, 3.8) is 0 Å². The summed E-state index contributed by atoms with van der Waals surface area (Å²) in [6.07, 6.45) is 0. The van der Waals surface area contributed by atoms with E-state index in [4.69, 9.17) is 12.2 Å². The van der Waals surface area contributed by atoms with Gasteiger partial charge in [-0.25, -0.2) is 5.43 Å². The first-order valence-corrected chi connectivity index (χ1v) is 3.55. The van der Waals surface area contributed by atoms with Gasteiger partial charge in [-0.05, 0) is 6.92 Å². The van der Waals surface area contributed by atoms with Crippen molar-refractivity contribution < 1.29 is 4.79 Å². The Balaban J connectivity index is 2.84. The van der Waals surface area contributed by atoms with Crippen molar-refractivity contribution in [1.29, 1.82) is 0 Å². The zero-order chi connectivity index (χ0) is 7.72. The molecule has 54 valence electrons. The van der Waals surface area contributed by atoms with Gasteiger partial charge in [0.1, 0.15) is 5.92 Å². The van der Waals surface area contributed by atoms with Crippen molar-refractivity contribution in [3.8, 4) is 0 Å². The zero-order valence-electron chi connectivity index (χ0n) is 5.29. The largest absolute Gasteiger partial charge is 0.272 e. The average molecular weight is 174 g/mol. The zero-order valence-corrected chi connectivity index (χ0v) is 7.00. The Morgan fingerprint density at radius 1 is 1.90 bits per heavy atom. The van der Waals surface area contributed by atoms with Crippen molar-refractivity contribution >= 4 is 40.7 Å². The van der Waals surface area contributed by atoms with Gasteiger partial charge in [0.25, 0.3) is 5.91 Å². The van der Waals surface area contributed by atoms with Gasteiger partial charge in [0, 0.05) is 0 Å². The van der Waals surface area contributed by atoms with E-state index in [1.807, 2.05) is 0 Å². The van der Waals surface area contributed by atoms with E-state index in [2.05, 4.69) is 23.2 Å². The minimum absolute atomic E-state index is 0.183. The molecule has 0 spiro atoms. The minimum atomic E-state index is -0.404. The van der Waals surface area contributed by atoms with Crippen LogP contribution >= 0.6 is 24.8 Å². The number of rotatable bonds is 1. The molecule has 0 radical (unpaired) electrons. The number of hydrazone groups is 1. The predicted octanol–water partition coefficient (Wildman–Crippen LogP) is 0.365. The molecule has 0 saturated carbocycles. The molecule has 0 aliphatic carbocycles. The molecule has 0 aromatic heterocycles. The molecule has 0 fully saturated rings. The van der Waals surface area contributed by atoms with Crippen LogP contribution in [0.25, 0.3) is 0 Å². The molecule has 1 unspecified atom stereocenters. The van der Waals surface area contributed by atoms with Crippen LogP contribution < -0.4 is 5.43 Å². The van der Waals surface area contributed by atoms with Crippen LogP contribution in [0.3, 0.4) is 0 Å². The molecule has 0 aromatic carbocycles. The normalized spacial score (nSPS) is 24.0. The van der Waals surface area contributed by atoms with E-state index in [1.165, 1.54) is 0 Å². The van der Waals surface area contributed by atoms with Crippen molar-refractivity contribution in [3.05, 3.63) is 0 Å². The fourth-order valence-corrected chi connectivity index (χ4v) is 1.33. The van der Waals surface area contributed by atoms with E-state index in [9.17, 15) is 4.79 Å². The number of amides is 1. The predicted molar refractivity (Wildman–Crippen MR) is 46.3 cm³/mol. The fourth-order valence-electron chi connectivity index (χ4n) is 0.753. The topological polar surface area (TPSA) is 41.5 Å². The van der Waals surface area contributed by atoms with Gasteiger partial charge in [-0.15, -0.1) is 12.6 Å². The highest BCUT2D eigenvalue weighted by atomic mass is 32.1. The number of hydrogen-bond acceptors (Lipinski definition) is 3. The van der Waals surface area contributed by atoms with Crippen LogP contribution in [0, 0.1) is 5.92 Å². The summed E-state index contributed by atoms with van der Waals surface area (Å²) < 4.78 is 0.372. The summed E-state index contributed by atoms with van der Waals surface area (Å²) in [5, 5.41) is 3.70. The molecule has 0 bridgehead atoms. The highest BCUT2D eigenvalue weighted by Gasteiger charge is 2.28. The van der Waals surface area contributed by atoms with Gasteiger partial charge in [0.05, 0.1) is 9.91 Å². The lowest BCUT2D eigenvalue weighted by Crippen LogP contribution is -2.26. The van der Waals surface area contributed by atoms with Crippen LogP contribution in [0.2, 0.25) is 0 Å². The lowest BCUT2D eigenvalue weighted by atomic mass is 10.1. The van der Waals surface area contributed by atoms with Crippen LogP contribution in [0.15, 0.2) is 5.10 Å². The summed E-state index contributed by atoms with van der Waals surface area (Å²) in [7, 11) is 0. The second kappa shape index (κ2) is 2.67. The first-order chi connectivity index (χ1) is 4.63. The maximum atomic E-state index is 10.9. The summed E-state index contributed by atoms with van der Waals surface area (Å²) in [6.45, 7) is 1.74. The van der Waals surface area contributed by atoms with Crippen molar-refractivity contribution in [2.24, 2.45) is 11.0 Å². The van der Waals surface area contributed by atoms with E-state index >= 15 is 0 Å². The van der Waals surface area contributed by atoms with E-state index in [0.717, 1.165) is 0 Å². The highest BCUT2D eigenvalue weighted by Crippen LogP contribution is 2.11. The molecule has 1 heterocycles. The van der Waals surface area contributed by atoms with E-state index < -0.39 is 5.92 Å². The SMILES string of the molecule is CC1=NNC(=O)C1C(=S)S. The summed E-state index contributed by atoms with van der Waals surface area (Å²) >= 11 is 8.63. The van der Waals surface area contributed by atoms with Gasteiger partial charge >= 0.3 is 0 Å². The second-order valence-corrected chi connectivity index (χ2v) is 3.22. The Labute approximate surface area is 69.3 Å².